The first-order valence-electron chi connectivity index (χ1n) is 12.6. The van der Waals surface area contributed by atoms with Crippen LogP contribution in [0.1, 0.15) is 66.8 Å². The Labute approximate surface area is 199 Å². The number of piperidine rings is 1. The molecule has 7 nitrogen and oxygen atoms in total. The van der Waals surface area contributed by atoms with Gasteiger partial charge in [0.1, 0.15) is 5.69 Å². The topological polar surface area (TPSA) is 84.1 Å². The van der Waals surface area contributed by atoms with Crippen molar-refractivity contribution >= 4 is 5.91 Å². The van der Waals surface area contributed by atoms with E-state index in [1.54, 1.807) is 18.5 Å². The molecule has 0 spiro atoms. The van der Waals surface area contributed by atoms with Crippen LogP contribution in [-0.2, 0) is 18.6 Å². The molecule has 2 aromatic heterocycles. The summed E-state index contributed by atoms with van der Waals surface area (Å²) in [6.45, 7) is 1.33. The van der Waals surface area contributed by atoms with Gasteiger partial charge in [-0.3, -0.25) is 4.79 Å². The van der Waals surface area contributed by atoms with Crippen molar-refractivity contribution < 1.29 is 9.90 Å². The summed E-state index contributed by atoms with van der Waals surface area (Å²) in [6, 6.07) is 11.8. The number of nitrogens with zero attached hydrogens (tertiary/aromatic N) is 5. The monoisotopic (exact) mass is 457 g/mol. The molecule has 1 saturated heterocycles. The standard InChI is InChI=1S/C27H31N5O2/c33-26(25-30-23(24-28-15-8-16-29-24)22-13-6-7-17-31(22)25)32-18-14-27(34,19-9-2-1-3-10-19)20-11-4-5-12-21(20)32/h1-3,8-10,15-16,20-21,34H,4-7,11-14,17-18H2/t20-,21+,27-/m0/s1. The molecule has 7 heteroatoms. The molecule has 1 saturated carbocycles. The molecule has 0 radical (unpaired) electrons. The Morgan fingerprint density at radius 2 is 1.76 bits per heavy atom. The number of amides is 1. The minimum absolute atomic E-state index is 0.0163. The zero-order valence-corrected chi connectivity index (χ0v) is 19.4. The first-order valence-corrected chi connectivity index (χ1v) is 12.6. The van der Waals surface area contributed by atoms with Crippen LogP contribution in [0.5, 0.6) is 0 Å². The van der Waals surface area contributed by atoms with Gasteiger partial charge in [0.25, 0.3) is 5.91 Å². The number of likely N-dealkylation sites (tertiary alicyclic amines) is 1. The van der Waals surface area contributed by atoms with E-state index in [1.807, 2.05) is 35.2 Å². The average Bonchev–Trinajstić information content (AvgIpc) is 3.30. The lowest BCUT2D eigenvalue weighted by Gasteiger charge is -2.52. The number of carbonyl (C=O) groups is 1. The Hall–Kier alpha value is -3.06. The maximum atomic E-state index is 14.0. The summed E-state index contributed by atoms with van der Waals surface area (Å²) in [6.07, 6.45) is 11.0. The Kier molecular flexibility index (Phi) is 5.44. The van der Waals surface area contributed by atoms with Gasteiger partial charge in [0, 0.05) is 43.1 Å². The van der Waals surface area contributed by atoms with Crippen LogP contribution < -0.4 is 0 Å². The number of aliphatic hydroxyl groups is 1. The van der Waals surface area contributed by atoms with Gasteiger partial charge in [0.15, 0.2) is 11.6 Å². The molecule has 34 heavy (non-hydrogen) atoms. The van der Waals surface area contributed by atoms with Crippen molar-refractivity contribution in [2.45, 2.75) is 69.6 Å². The molecular weight excluding hydrogens is 426 g/mol. The Morgan fingerprint density at radius 1 is 0.971 bits per heavy atom. The van der Waals surface area contributed by atoms with Crippen LogP contribution in [0.15, 0.2) is 48.8 Å². The highest BCUT2D eigenvalue weighted by atomic mass is 16.3. The molecule has 3 aliphatic rings. The maximum Gasteiger partial charge on any atom is 0.290 e. The summed E-state index contributed by atoms with van der Waals surface area (Å²) in [5, 5.41) is 11.9. The first kappa shape index (κ1) is 21.5. The van der Waals surface area contributed by atoms with Crippen LogP contribution in [0, 0.1) is 5.92 Å². The second kappa shape index (κ2) is 8.62. The van der Waals surface area contributed by atoms with E-state index >= 15 is 0 Å². The Balaban J connectivity index is 1.36. The molecule has 2 aliphatic heterocycles. The zero-order chi connectivity index (χ0) is 23.1. The van der Waals surface area contributed by atoms with Gasteiger partial charge < -0.3 is 14.6 Å². The van der Waals surface area contributed by atoms with E-state index in [4.69, 9.17) is 4.98 Å². The van der Waals surface area contributed by atoms with Gasteiger partial charge in [-0.1, -0.05) is 43.2 Å². The van der Waals surface area contributed by atoms with E-state index in [-0.39, 0.29) is 17.9 Å². The fraction of sp³-hybridized carbons (Fsp3) is 0.481. The summed E-state index contributed by atoms with van der Waals surface area (Å²) in [5.74, 6) is 1.11. The minimum atomic E-state index is -0.891. The molecule has 1 aliphatic carbocycles. The third-order valence-electron chi connectivity index (χ3n) is 8.10. The molecule has 176 valence electrons. The van der Waals surface area contributed by atoms with Crippen LogP contribution in [-0.4, -0.2) is 48.0 Å². The fourth-order valence-corrected chi connectivity index (χ4v) is 6.46. The van der Waals surface area contributed by atoms with Gasteiger partial charge in [-0.25, -0.2) is 15.0 Å². The minimum Gasteiger partial charge on any atom is -0.385 e. The van der Waals surface area contributed by atoms with Crippen molar-refractivity contribution in [3.8, 4) is 11.5 Å². The SMILES string of the molecule is O=C(c1nc(-c2ncccn2)c2n1CCCC2)N1CC[C@](O)(c2ccccc2)[C@H]2CCCC[C@H]21. The first-order chi connectivity index (χ1) is 16.7. The molecule has 1 N–H and O–H groups in total. The predicted octanol–water partition coefficient (Wildman–Crippen LogP) is 3.97. The van der Waals surface area contributed by atoms with Crippen LogP contribution in [0.3, 0.4) is 0 Å². The second-order valence-electron chi connectivity index (χ2n) is 9.91. The molecule has 6 rings (SSSR count). The summed E-state index contributed by atoms with van der Waals surface area (Å²) in [7, 11) is 0. The van der Waals surface area contributed by atoms with Crippen molar-refractivity contribution in [1.29, 1.82) is 0 Å². The highest BCUT2D eigenvalue weighted by Crippen LogP contribution is 2.47. The van der Waals surface area contributed by atoms with E-state index in [2.05, 4.69) is 14.5 Å². The third kappa shape index (κ3) is 3.45. The largest absolute Gasteiger partial charge is 0.385 e. The van der Waals surface area contributed by atoms with Gasteiger partial charge in [-0.05, 0) is 50.2 Å². The molecule has 4 heterocycles. The maximum absolute atomic E-state index is 14.0. The number of fused-ring (bicyclic) bond motifs is 2. The summed E-state index contributed by atoms with van der Waals surface area (Å²) in [5.41, 5.74) is 1.89. The molecule has 0 unspecified atom stereocenters. The van der Waals surface area contributed by atoms with Gasteiger partial charge in [0.2, 0.25) is 0 Å². The summed E-state index contributed by atoms with van der Waals surface area (Å²) >= 11 is 0. The average molecular weight is 458 g/mol. The van der Waals surface area contributed by atoms with Crippen molar-refractivity contribution in [1.82, 2.24) is 24.4 Å². The summed E-state index contributed by atoms with van der Waals surface area (Å²) in [4.78, 5) is 29.7. The van der Waals surface area contributed by atoms with E-state index in [9.17, 15) is 9.90 Å². The van der Waals surface area contributed by atoms with Crippen molar-refractivity contribution in [2.24, 2.45) is 5.92 Å². The van der Waals surface area contributed by atoms with Crippen LogP contribution >= 0.6 is 0 Å². The molecule has 3 atom stereocenters. The van der Waals surface area contributed by atoms with Crippen LogP contribution in [0.25, 0.3) is 11.5 Å². The third-order valence-corrected chi connectivity index (χ3v) is 8.10. The quantitative estimate of drug-likeness (QED) is 0.643. The number of rotatable bonds is 3. The van der Waals surface area contributed by atoms with Gasteiger partial charge in [-0.15, -0.1) is 0 Å². The molecule has 2 fully saturated rings. The van der Waals surface area contributed by atoms with Gasteiger partial charge in [-0.2, -0.15) is 0 Å². The normalized spacial score (nSPS) is 26.6. The smallest absolute Gasteiger partial charge is 0.290 e. The molecule has 1 aromatic carbocycles. The number of hydrogen-bond acceptors (Lipinski definition) is 5. The Morgan fingerprint density at radius 3 is 2.59 bits per heavy atom. The number of carbonyl (C=O) groups excluding carboxylic acids is 1. The lowest BCUT2D eigenvalue weighted by Crippen LogP contribution is -2.59. The van der Waals surface area contributed by atoms with Crippen LogP contribution in [0.2, 0.25) is 0 Å². The number of aromatic nitrogens is 4. The number of benzene rings is 1. The highest BCUT2D eigenvalue weighted by Gasteiger charge is 2.51. The van der Waals surface area contributed by atoms with Gasteiger partial charge in [0.05, 0.1) is 5.60 Å². The highest BCUT2D eigenvalue weighted by molar-refractivity contribution is 5.92. The van der Waals surface area contributed by atoms with Crippen molar-refractivity contribution in [2.75, 3.05) is 6.54 Å². The lowest BCUT2D eigenvalue weighted by molar-refractivity contribution is -0.110. The van der Waals surface area contributed by atoms with Gasteiger partial charge >= 0.3 is 0 Å². The number of hydrogen-bond donors (Lipinski definition) is 1. The second-order valence-corrected chi connectivity index (χ2v) is 9.91. The molecule has 0 bridgehead atoms. The lowest BCUT2D eigenvalue weighted by atomic mass is 9.66. The van der Waals surface area contributed by atoms with E-state index in [0.717, 1.165) is 68.4 Å². The van der Waals surface area contributed by atoms with E-state index in [1.165, 1.54) is 0 Å². The predicted molar refractivity (Wildman–Crippen MR) is 128 cm³/mol. The van der Waals surface area contributed by atoms with Crippen LogP contribution in [0.4, 0.5) is 0 Å². The van der Waals surface area contributed by atoms with Crippen molar-refractivity contribution in [3.63, 3.8) is 0 Å². The summed E-state index contributed by atoms with van der Waals surface area (Å²) < 4.78 is 2.10. The molecule has 1 amide bonds. The molecule has 3 aromatic rings. The number of imidazole rings is 1. The van der Waals surface area contributed by atoms with E-state index in [0.29, 0.717) is 24.6 Å². The fourth-order valence-electron chi connectivity index (χ4n) is 6.46. The molecular formula is C27H31N5O2. The van der Waals surface area contributed by atoms with E-state index < -0.39 is 5.60 Å². The Bertz CT molecular complexity index is 1180. The van der Waals surface area contributed by atoms with Crippen molar-refractivity contribution in [3.05, 3.63) is 65.9 Å². The zero-order valence-electron chi connectivity index (χ0n) is 19.4.